The lowest BCUT2D eigenvalue weighted by atomic mass is 9.78. The molecule has 100 valence electrons. The van der Waals surface area contributed by atoms with Gasteiger partial charge in [0.15, 0.2) is 0 Å². The minimum Gasteiger partial charge on any atom is -0.316 e. The predicted molar refractivity (Wildman–Crippen MR) is 77.8 cm³/mol. The summed E-state index contributed by atoms with van der Waals surface area (Å²) in [6.07, 6.45) is 4.13. The first-order valence-corrected chi connectivity index (χ1v) is 8.25. The fraction of sp³-hybridized carbons (Fsp3) is 1.00. The summed E-state index contributed by atoms with van der Waals surface area (Å²) in [5.41, 5.74) is 0. The van der Waals surface area contributed by atoms with Crippen molar-refractivity contribution < 1.29 is 0 Å². The van der Waals surface area contributed by atoms with Crippen molar-refractivity contribution in [2.24, 2.45) is 5.92 Å². The predicted octanol–water partition coefficient (Wildman–Crippen LogP) is 2.59. The van der Waals surface area contributed by atoms with E-state index in [9.17, 15) is 0 Å². The molecular weight excluding hydrogens is 228 g/mol. The third-order valence-electron chi connectivity index (χ3n) is 4.13. The Kier molecular flexibility index (Phi) is 5.19. The highest BCUT2D eigenvalue weighted by molar-refractivity contribution is 8.00. The second-order valence-corrected chi connectivity index (χ2v) is 7.70. The van der Waals surface area contributed by atoms with Gasteiger partial charge in [-0.2, -0.15) is 11.8 Å². The van der Waals surface area contributed by atoms with E-state index >= 15 is 0 Å². The van der Waals surface area contributed by atoms with Crippen molar-refractivity contribution in [1.82, 2.24) is 10.2 Å². The zero-order valence-electron chi connectivity index (χ0n) is 11.6. The van der Waals surface area contributed by atoms with Crippen LogP contribution < -0.4 is 5.32 Å². The lowest BCUT2D eigenvalue weighted by Gasteiger charge is -2.48. The van der Waals surface area contributed by atoms with E-state index in [4.69, 9.17) is 0 Å². The first-order valence-electron chi connectivity index (χ1n) is 7.31. The Hall–Kier alpha value is 0.270. The van der Waals surface area contributed by atoms with E-state index in [1.165, 1.54) is 45.4 Å². The monoisotopic (exact) mass is 256 g/mol. The third-order valence-corrected chi connectivity index (χ3v) is 5.35. The summed E-state index contributed by atoms with van der Waals surface area (Å²) in [7, 11) is 0. The molecule has 1 saturated carbocycles. The Morgan fingerprint density at radius 1 is 1.18 bits per heavy atom. The van der Waals surface area contributed by atoms with Gasteiger partial charge in [0.1, 0.15) is 0 Å². The Morgan fingerprint density at radius 2 is 1.88 bits per heavy atom. The van der Waals surface area contributed by atoms with Crippen LogP contribution in [0.3, 0.4) is 0 Å². The molecule has 0 bridgehead atoms. The molecule has 0 radical (unpaired) electrons. The maximum absolute atomic E-state index is 3.60. The second kappa shape index (κ2) is 6.44. The lowest BCUT2D eigenvalue weighted by Crippen LogP contribution is -2.55. The summed E-state index contributed by atoms with van der Waals surface area (Å²) >= 11 is 2.16. The van der Waals surface area contributed by atoms with Crippen LogP contribution in [0.5, 0.6) is 0 Å². The molecule has 3 heteroatoms. The van der Waals surface area contributed by atoms with Crippen LogP contribution in [-0.2, 0) is 0 Å². The number of hydrogen-bond donors (Lipinski definition) is 1. The van der Waals surface area contributed by atoms with Gasteiger partial charge < -0.3 is 5.32 Å². The number of rotatable bonds is 5. The van der Waals surface area contributed by atoms with Gasteiger partial charge in [0, 0.05) is 29.6 Å². The first kappa shape index (κ1) is 13.7. The first-order chi connectivity index (χ1) is 8.20. The minimum atomic E-state index is 0.823. The molecule has 17 heavy (non-hydrogen) atoms. The van der Waals surface area contributed by atoms with Gasteiger partial charge in [0.2, 0.25) is 0 Å². The highest BCUT2D eigenvalue weighted by Crippen LogP contribution is 2.36. The van der Waals surface area contributed by atoms with E-state index in [1.807, 2.05) is 0 Å². The molecule has 2 fully saturated rings. The summed E-state index contributed by atoms with van der Waals surface area (Å²) in [5, 5.41) is 5.24. The van der Waals surface area contributed by atoms with Crippen molar-refractivity contribution in [2.75, 3.05) is 26.2 Å². The maximum atomic E-state index is 3.60. The van der Waals surface area contributed by atoms with Crippen molar-refractivity contribution in [1.29, 1.82) is 0 Å². The Morgan fingerprint density at radius 3 is 2.41 bits per heavy atom. The van der Waals surface area contributed by atoms with E-state index in [2.05, 4.69) is 42.7 Å². The molecule has 1 saturated heterocycles. The summed E-state index contributed by atoms with van der Waals surface area (Å²) in [6, 6.07) is 0.880. The van der Waals surface area contributed by atoms with Gasteiger partial charge >= 0.3 is 0 Å². The van der Waals surface area contributed by atoms with E-state index in [0.29, 0.717) is 0 Å². The minimum absolute atomic E-state index is 0.823. The molecule has 2 rings (SSSR count). The quantitative estimate of drug-likeness (QED) is 0.761. The van der Waals surface area contributed by atoms with Crippen molar-refractivity contribution in [2.45, 2.75) is 56.6 Å². The number of nitrogens with zero attached hydrogens (tertiary/aromatic N) is 1. The smallest absolute Gasteiger partial charge is 0.0149 e. The third kappa shape index (κ3) is 3.62. The summed E-state index contributed by atoms with van der Waals surface area (Å²) in [5.74, 6) is 0.920. The fourth-order valence-corrected chi connectivity index (χ4v) is 4.57. The van der Waals surface area contributed by atoms with E-state index in [-0.39, 0.29) is 0 Å². The summed E-state index contributed by atoms with van der Waals surface area (Å²) < 4.78 is 0. The molecule has 1 N–H and O–H groups in total. The Labute approximate surface area is 111 Å². The van der Waals surface area contributed by atoms with Gasteiger partial charge in [-0.25, -0.2) is 0 Å². The van der Waals surface area contributed by atoms with Crippen LogP contribution in [-0.4, -0.2) is 47.6 Å². The van der Waals surface area contributed by atoms with Gasteiger partial charge in [-0.1, -0.05) is 20.8 Å². The summed E-state index contributed by atoms with van der Waals surface area (Å²) in [4.78, 5) is 2.77. The largest absolute Gasteiger partial charge is 0.316 e. The van der Waals surface area contributed by atoms with Crippen LogP contribution >= 0.6 is 11.8 Å². The molecule has 0 aromatic rings. The Bertz CT molecular complexity index is 224. The van der Waals surface area contributed by atoms with Crippen LogP contribution in [0, 0.1) is 5.92 Å². The van der Waals surface area contributed by atoms with Gasteiger partial charge in [0.05, 0.1) is 0 Å². The zero-order valence-corrected chi connectivity index (χ0v) is 12.4. The van der Waals surface area contributed by atoms with Gasteiger partial charge in [-0.05, 0) is 38.3 Å². The van der Waals surface area contributed by atoms with Crippen LogP contribution in [0.1, 0.15) is 40.0 Å². The molecule has 2 nitrogen and oxygen atoms in total. The molecule has 4 unspecified atom stereocenters. The second-order valence-electron chi connectivity index (χ2n) is 5.82. The zero-order chi connectivity index (χ0) is 12.3. The average Bonchev–Trinajstić information content (AvgIpc) is 2.21. The fourth-order valence-electron chi connectivity index (χ4n) is 3.22. The van der Waals surface area contributed by atoms with E-state index < -0.39 is 0 Å². The molecule has 0 aromatic heterocycles. The number of thioether (sulfide) groups is 1. The van der Waals surface area contributed by atoms with Crippen LogP contribution in [0.15, 0.2) is 0 Å². The van der Waals surface area contributed by atoms with E-state index in [0.717, 1.165) is 22.5 Å². The van der Waals surface area contributed by atoms with Gasteiger partial charge in [-0.3, -0.25) is 4.90 Å². The molecular formula is C14H28N2S. The topological polar surface area (TPSA) is 15.3 Å². The standard InChI is InChI=1S/C14H28N2S/c1-4-7-15-8-13-5-6-14(13)16-9-11(2)17-12(3)10-16/h11-15H,4-10H2,1-3H3. The van der Waals surface area contributed by atoms with Crippen molar-refractivity contribution in [3.8, 4) is 0 Å². The van der Waals surface area contributed by atoms with Crippen molar-refractivity contribution in [3.63, 3.8) is 0 Å². The normalized spacial score (nSPS) is 39.0. The van der Waals surface area contributed by atoms with Crippen LogP contribution in [0.25, 0.3) is 0 Å². The number of nitrogens with one attached hydrogen (secondary N) is 1. The van der Waals surface area contributed by atoms with Crippen molar-refractivity contribution >= 4 is 11.8 Å². The van der Waals surface area contributed by atoms with Crippen LogP contribution in [0.2, 0.25) is 0 Å². The molecule has 1 heterocycles. The highest BCUT2D eigenvalue weighted by Gasteiger charge is 2.37. The molecule has 0 amide bonds. The molecule has 1 aliphatic heterocycles. The molecule has 0 spiro atoms. The van der Waals surface area contributed by atoms with Crippen molar-refractivity contribution in [3.05, 3.63) is 0 Å². The maximum Gasteiger partial charge on any atom is 0.0149 e. The van der Waals surface area contributed by atoms with Crippen LogP contribution in [0.4, 0.5) is 0 Å². The van der Waals surface area contributed by atoms with E-state index in [1.54, 1.807) is 0 Å². The highest BCUT2D eigenvalue weighted by atomic mass is 32.2. The van der Waals surface area contributed by atoms with Gasteiger partial charge in [0.25, 0.3) is 0 Å². The lowest BCUT2D eigenvalue weighted by molar-refractivity contribution is 0.0607. The average molecular weight is 256 g/mol. The Balaban J connectivity index is 1.77. The number of hydrogen-bond acceptors (Lipinski definition) is 3. The molecule has 2 aliphatic rings. The molecule has 1 aliphatic carbocycles. The molecule has 4 atom stereocenters. The van der Waals surface area contributed by atoms with Gasteiger partial charge in [-0.15, -0.1) is 0 Å². The SMILES string of the molecule is CCCNCC1CCC1N1CC(C)SC(C)C1. The summed E-state index contributed by atoms with van der Waals surface area (Å²) in [6.45, 7) is 12.1. The molecule has 0 aromatic carbocycles.